The van der Waals surface area contributed by atoms with Gasteiger partial charge in [-0.05, 0) is 12.1 Å². The van der Waals surface area contributed by atoms with Gasteiger partial charge in [0.2, 0.25) is 5.58 Å². The van der Waals surface area contributed by atoms with Crippen LogP contribution in [0.15, 0.2) is 41.2 Å². The third-order valence-corrected chi connectivity index (χ3v) is 3.83. The molecule has 1 aliphatic rings. The molecule has 0 bridgehead atoms. The van der Waals surface area contributed by atoms with Gasteiger partial charge in [0, 0.05) is 24.7 Å². The summed E-state index contributed by atoms with van der Waals surface area (Å²) in [5.41, 5.74) is 3.47. The minimum absolute atomic E-state index is 0.498. The first-order chi connectivity index (χ1) is 11.1. The van der Waals surface area contributed by atoms with Gasteiger partial charge in [-0.15, -0.1) is 0 Å². The lowest BCUT2D eigenvalue weighted by atomic mass is 10.2. The molecule has 5 heterocycles. The van der Waals surface area contributed by atoms with Crippen molar-refractivity contribution in [3.8, 4) is 11.5 Å². The fourth-order valence-electron chi connectivity index (χ4n) is 2.94. The van der Waals surface area contributed by atoms with E-state index in [0.717, 1.165) is 11.3 Å². The number of oxazole rings is 1. The highest BCUT2D eigenvalue weighted by molar-refractivity contribution is 6.02. The average molecular weight is 266 g/mol. The van der Waals surface area contributed by atoms with Gasteiger partial charge in [-0.2, -0.15) is 4.57 Å². The first-order valence-electron chi connectivity index (χ1n) is 7.81. The predicted molar refractivity (Wildman–Crippen MR) is 73.0 cm³/mol. The number of aromatic nitrogens is 4. The summed E-state index contributed by atoms with van der Waals surface area (Å²) < 4.78 is 33.0. The van der Waals surface area contributed by atoms with Gasteiger partial charge in [-0.3, -0.25) is 9.97 Å². The van der Waals surface area contributed by atoms with Crippen LogP contribution in [-0.4, -0.2) is 14.5 Å². The van der Waals surface area contributed by atoms with Crippen molar-refractivity contribution in [2.75, 3.05) is 0 Å². The van der Waals surface area contributed by atoms with Crippen LogP contribution in [0.4, 0.5) is 0 Å². The number of pyridine rings is 2. The van der Waals surface area contributed by atoms with Gasteiger partial charge in [0.25, 0.3) is 5.89 Å². The van der Waals surface area contributed by atoms with Crippen LogP contribution < -0.4 is 4.57 Å². The molecule has 0 amide bonds. The van der Waals surface area contributed by atoms with Crippen LogP contribution in [0.5, 0.6) is 0 Å². The Labute approximate surface area is 118 Å². The van der Waals surface area contributed by atoms with Crippen LogP contribution in [-0.2, 0) is 13.5 Å². The first kappa shape index (κ1) is 7.79. The molecule has 5 nitrogen and oxygen atoms in total. The van der Waals surface area contributed by atoms with Crippen LogP contribution in [0.25, 0.3) is 33.6 Å². The molecule has 0 saturated carbocycles. The molecule has 0 unspecified atom stereocenters. The van der Waals surface area contributed by atoms with E-state index in [9.17, 15) is 0 Å². The number of fused-ring (bicyclic) bond motifs is 7. The molecule has 4 aromatic rings. The van der Waals surface area contributed by atoms with Crippen LogP contribution >= 0.6 is 0 Å². The topological polar surface area (TPSA) is 47.7 Å². The smallest absolute Gasteiger partial charge is 0.329 e. The van der Waals surface area contributed by atoms with E-state index < -0.39 is 6.98 Å². The second kappa shape index (κ2) is 3.25. The monoisotopic (exact) mass is 266 g/mol. The van der Waals surface area contributed by atoms with Gasteiger partial charge in [0.1, 0.15) is 12.1 Å². The molecule has 0 aliphatic carbocycles. The van der Waals surface area contributed by atoms with Crippen LogP contribution in [0.3, 0.4) is 0 Å². The molecule has 1 aliphatic heterocycles. The zero-order chi connectivity index (χ0) is 15.8. The van der Waals surface area contributed by atoms with Gasteiger partial charge in [-0.1, -0.05) is 0 Å². The summed E-state index contributed by atoms with van der Waals surface area (Å²) in [4.78, 5) is 8.46. The summed E-state index contributed by atoms with van der Waals surface area (Å²) in [6.45, 7) is -1.81. The molecule has 0 aromatic carbocycles. The molecule has 96 valence electrons. The van der Waals surface area contributed by atoms with Crippen molar-refractivity contribution in [2.45, 2.75) is 6.54 Å². The van der Waals surface area contributed by atoms with Crippen molar-refractivity contribution in [1.29, 1.82) is 0 Å². The first-order valence-corrected chi connectivity index (χ1v) is 6.31. The van der Waals surface area contributed by atoms with Crippen molar-refractivity contribution < 1.29 is 13.1 Å². The van der Waals surface area contributed by atoms with E-state index in [4.69, 9.17) is 8.53 Å². The zero-order valence-corrected chi connectivity index (χ0v) is 10.4. The Balaban J connectivity index is 1.97. The van der Waals surface area contributed by atoms with E-state index in [0.29, 0.717) is 34.6 Å². The number of hydrogen-bond acceptors (Lipinski definition) is 3. The lowest BCUT2D eigenvalue weighted by Crippen LogP contribution is -2.32. The summed E-state index contributed by atoms with van der Waals surface area (Å²) in [5.74, 6) is 0.641. The zero-order valence-electron chi connectivity index (χ0n) is 13.4. The van der Waals surface area contributed by atoms with E-state index in [1.165, 1.54) is 4.57 Å². The standard InChI is InChI=1S/C15H11N4O/c1-18-12-4-6-16-7-10(12)13-14(18)19-8-11-9(15(19)20-13)3-2-5-17-11/h2-7H,8H2,1H3/q+1/i1D3. The highest BCUT2D eigenvalue weighted by Gasteiger charge is 2.34. The van der Waals surface area contributed by atoms with E-state index in [1.807, 2.05) is 16.7 Å². The Morgan fingerprint density at radius 3 is 3.35 bits per heavy atom. The van der Waals surface area contributed by atoms with E-state index in [2.05, 4.69) is 9.97 Å². The number of rotatable bonds is 0. The van der Waals surface area contributed by atoms with Gasteiger partial charge in [0.15, 0.2) is 0 Å². The molecule has 0 saturated heterocycles. The van der Waals surface area contributed by atoms with E-state index >= 15 is 0 Å². The van der Waals surface area contributed by atoms with E-state index in [1.54, 1.807) is 24.7 Å². The normalized spacial score (nSPS) is 15.9. The average Bonchev–Trinajstić information content (AvgIpc) is 3.13. The van der Waals surface area contributed by atoms with Crippen molar-refractivity contribution in [3.05, 3.63) is 42.5 Å². The summed E-state index contributed by atoms with van der Waals surface area (Å²) in [5, 5.41) is 0.700. The second-order valence-electron chi connectivity index (χ2n) is 4.87. The van der Waals surface area contributed by atoms with Crippen molar-refractivity contribution in [1.82, 2.24) is 14.5 Å². The molecule has 0 fully saturated rings. The predicted octanol–water partition coefficient (Wildman–Crippen LogP) is 2.03. The van der Waals surface area contributed by atoms with Crippen molar-refractivity contribution >= 4 is 22.1 Å². The molecule has 0 atom stereocenters. The van der Waals surface area contributed by atoms with Crippen LogP contribution in [0, 0.1) is 0 Å². The van der Waals surface area contributed by atoms with E-state index in [-0.39, 0.29) is 0 Å². The Kier molecular flexibility index (Phi) is 1.27. The number of hydrogen-bond donors (Lipinski definition) is 0. The maximum atomic E-state index is 7.92. The summed E-state index contributed by atoms with van der Waals surface area (Å²) in [6, 6.07) is 5.48. The molecule has 0 N–H and O–H groups in total. The fraction of sp³-hybridized carbons (Fsp3) is 0.133. The second-order valence-corrected chi connectivity index (χ2v) is 4.87. The number of nitrogens with zero attached hydrogens (tertiary/aromatic N) is 4. The third-order valence-electron chi connectivity index (χ3n) is 3.83. The third kappa shape index (κ3) is 1.02. The van der Waals surface area contributed by atoms with Gasteiger partial charge < -0.3 is 4.42 Å². The molecule has 5 rings (SSSR count). The largest absolute Gasteiger partial charge is 0.413 e. The fourth-order valence-corrected chi connectivity index (χ4v) is 2.94. The van der Waals surface area contributed by atoms with Crippen molar-refractivity contribution in [3.63, 3.8) is 0 Å². The molecule has 5 heteroatoms. The van der Waals surface area contributed by atoms with Gasteiger partial charge >= 0.3 is 5.65 Å². The maximum Gasteiger partial charge on any atom is 0.329 e. The summed E-state index contributed by atoms with van der Waals surface area (Å²) in [6.07, 6.45) is 4.96. The van der Waals surface area contributed by atoms with Gasteiger partial charge in [0.05, 0.1) is 27.7 Å². The Hall–Kier alpha value is -2.69. The minimum atomic E-state index is -2.31. The SMILES string of the molecule is [2H]C([2H])([2H])n1c2ccncc2c2oc3[n+](c21)Cc1ncccc1-3. The summed E-state index contributed by atoms with van der Waals surface area (Å²) >= 11 is 0. The Morgan fingerprint density at radius 1 is 1.40 bits per heavy atom. The molecular formula is C15H11N4O+. The van der Waals surface area contributed by atoms with Gasteiger partial charge in [-0.25, -0.2) is 4.57 Å². The minimum Gasteiger partial charge on any atom is -0.413 e. The maximum absolute atomic E-state index is 7.92. The molecule has 0 radical (unpaired) electrons. The molecule has 20 heavy (non-hydrogen) atoms. The molecule has 0 spiro atoms. The summed E-state index contributed by atoms with van der Waals surface area (Å²) in [7, 11) is 0. The van der Waals surface area contributed by atoms with Crippen LogP contribution in [0.2, 0.25) is 0 Å². The van der Waals surface area contributed by atoms with Crippen LogP contribution in [0.1, 0.15) is 9.81 Å². The lowest BCUT2D eigenvalue weighted by molar-refractivity contribution is -0.652. The Bertz CT molecular complexity index is 1090. The highest BCUT2D eigenvalue weighted by Crippen LogP contribution is 2.34. The number of aryl methyl sites for hydroxylation is 1. The highest BCUT2D eigenvalue weighted by atomic mass is 16.4. The Morgan fingerprint density at radius 2 is 2.40 bits per heavy atom. The lowest BCUT2D eigenvalue weighted by Gasteiger charge is -1.91. The van der Waals surface area contributed by atoms with Crippen molar-refractivity contribution in [2.24, 2.45) is 6.98 Å². The molecule has 4 aromatic heterocycles. The molecular weight excluding hydrogens is 252 g/mol. The quantitative estimate of drug-likeness (QED) is 0.403.